The van der Waals surface area contributed by atoms with Gasteiger partial charge in [0.05, 0.1) is 4.91 Å². The summed E-state index contributed by atoms with van der Waals surface area (Å²) < 4.78 is 19.2. The highest BCUT2D eigenvalue weighted by Crippen LogP contribution is 2.30. The Morgan fingerprint density at radius 2 is 1.81 bits per heavy atom. The molecule has 0 spiro atoms. The van der Waals surface area contributed by atoms with Gasteiger partial charge in [0.1, 0.15) is 18.2 Å². The third kappa shape index (κ3) is 5.26. The van der Waals surface area contributed by atoms with Crippen molar-refractivity contribution in [1.82, 2.24) is 5.32 Å². The Labute approximate surface area is 182 Å². The van der Waals surface area contributed by atoms with Crippen LogP contribution in [0.25, 0.3) is 6.08 Å². The van der Waals surface area contributed by atoms with Crippen molar-refractivity contribution < 1.29 is 18.7 Å². The summed E-state index contributed by atoms with van der Waals surface area (Å²) in [6.07, 6.45) is 1.68. The van der Waals surface area contributed by atoms with E-state index in [0.29, 0.717) is 27.3 Å². The number of para-hydroxylation sites is 1. The van der Waals surface area contributed by atoms with E-state index in [1.807, 2.05) is 24.3 Å². The highest BCUT2D eigenvalue weighted by atomic mass is 32.2. The first-order valence-electron chi connectivity index (χ1n) is 9.44. The van der Waals surface area contributed by atoms with Gasteiger partial charge in [0.2, 0.25) is 0 Å². The summed E-state index contributed by atoms with van der Waals surface area (Å²) in [4.78, 5) is 29.0. The molecule has 0 atom stereocenters. The molecule has 1 saturated heterocycles. The molecular weight excluding hydrogens is 415 g/mol. The zero-order chi connectivity index (χ0) is 21.6. The molecule has 0 aliphatic carbocycles. The second-order valence-electron chi connectivity index (χ2n) is 6.61. The first-order valence-corrected chi connectivity index (χ1v) is 10.3. The molecule has 7 heteroatoms. The summed E-state index contributed by atoms with van der Waals surface area (Å²) >= 11 is 1.09. The van der Waals surface area contributed by atoms with Crippen LogP contribution in [0, 0.1) is 5.82 Å². The van der Waals surface area contributed by atoms with Gasteiger partial charge in [-0.25, -0.2) is 4.39 Å². The minimum atomic E-state index is -0.427. The van der Waals surface area contributed by atoms with Crippen LogP contribution in [0.5, 0.6) is 5.75 Å². The number of nitrogens with zero attached hydrogens (tertiary/aromatic N) is 1. The van der Waals surface area contributed by atoms with Gasteiger partial charge < -0.3 is 10.1 Å². The van der Waals surface area contributed by atoms with Crippen molar-refractivity contribution in [2.24, 2.45) is 4.99 Å². The summed E-state index contributed by atoms with van der Waals surface area (Å²) in [7, 11) is 0. The summed E-state index contributed by atoms with van der Waals surface area (Å²) in [6.45, 7) is 0.190. The fourth-order valence-corrected chi connectivity index (χ4v) is 3.69. The highest BCUT2D eigenvalue weighted by Gasteiger charge is 2.25. The SMILES string of the molecule is O=C1NC(=NC(=O)c2ccccc2)S/C1=C\c1ccccc1OCc1cccc(F)c1. The van der Waals surface area contributed by atoms with Crippen LogP contribution in [-0.2, 0) is 11.4 Å². The van der Waals surface area contributed by atoms with Crippen LogP contribution in [0.2, 0.25) is 0 Å². The molecule has 2 amide bonds. The number of hydrogen-bond donors (Lipinski definition) is 1. The van der Waals surface area contributed by atoms with Crippen LogP contribution < -0.4 is 10.1 Å². The maximum Gasteiger partial charge on any atom is 0.279 e. The lowest BCUT2D eigenvalue weighted by Crippen LogP contribution is -2.20. The first-order chi connectivity index (χ1) is 15.1. The molecule has 1 aliphatic rings. The number of carbonyl (C=O) groups is 2. The summed E-state index contributed by atoms with van der Waals surface area (Å²) in [5.74, 6) is -0.543. The molecule has 31 heavy (non-hydrogen) atoms. The van der Waals surface area contributed by atoms with Crippen LogP contribution in [-0.4, -0.2) is 17.0 Å². The van der Waals surface area contributed by atoms with Gasteiger partial charge in [0.25, 0.3) is 11.8 Å². The topological polar surface area (TPSA) is 67.8 Å². The fraction of sp³-hybridized carbons (Fsp3) is 0.0417. The van der Waals surface area contributed by atoms with Crippen molar-refractivity contribution in [2.75, 3.05) is 0 Å². The Bertz CT molecular complexity index is 1190. The minimum absolute atomic E-state index is 0.190. The third-order valence-electron chi connectivity index (χ3n) is 4.36. The predicted molar refractivity (Wildman–Crippen MR) is 119 cm³/mol. The van der Waals surface area contributed by atoms with E-state index >= 15 is 0 Å². The van der Waals surface area contributed by atoms with Gasteiger partial charge in [-0.2, -0.15) is 4.99 Å². The Morgan fingerprint density at radius 3 is 2.61 bits per heavy atom. The van der Waals surface area contributed by atoms with Crippen LogP contribution >= 0.6 is 11.8 Å². The number of rotatable bonds is 5. The highest BCUT2D eigenvalue weighted by molar-refractivity contribution is 8.18. The fourth-order valence-electron chi connectivity index (χ4n) is 2.88. The smallest absolute Gasteiger partial charge is 0.279 e. The van der Waals surface area contributed by atoms with Crippen molar-refractivity contribution in [3.05, 3.63) is 106 Å². The minimum Gasteiger partial charge on any atom is -0.488 e. The molecular formula is C24H17FN2O3S. The lowest BCUT2D eigenvalue weighted by Gasteiger charge is -2.09. The molecule has 3 aromatic carbocycles. The van der Waals surface area contributed by atoms with Crippen LogP contribution in [0.1, 0.15) is 21.5 Å². The van der Waals surface area contributed by atoms with Gasteiger partial charge in [-0.3, -0.25) is 9.59 Å². The molecule has 0 radical (unpaired) electrons. The molecule has 4 rings (SSSR count). The molecule has 1 fully saturated rings. The van der Waals surface area contributed by atoms with E-state index in [4.69, 9.17) is 4.74 Å². The predicted octanol–water partition coefficient (Wildman–Crippen LogP) is 4.81. The van der Waals surface area contributed by atoms with Crippen molar-refractivity contribution in [3.63, 3.8) is 0 Å². The van der Waals surface area contributed by atoms with E-state index in [1.165, 1.54) is 12.1 Å². The summed E-state index contributed by atoms with van der Waals surface area (Å²) in [5.41, 5.74) is 1.83. The van der Waals surface area contributed by atoms with E-state index in [-0.39, 0.29) is 23.5 Å². The van der Waals surface area contributed by atoms with E-state index in [2.05, 4.69) is 10.3 Å². The van der Waals surface area contributed by atoms with Gasteiger partial charge in [-0.15, -0.1) is 0 Å². The molecule has 0 aromatic heterocycles. The van der Waals surface area contributed by atoms with Crippen LogP contribution in [0.3, 0.4) is 0 Å². The Balaban J connectivity index is 1.50. The number of amidine groups is 1. The number of nitrogens with one attached hydrogen (secondary N) is 1. The molecule has 1 heterocycles. The zero-order valence-corrected chi connectivity index (χ0v) is 17.1. The molecule has 1 aliphatic heterocycles. The van der Waals surface area contributed by atoms with Crippen molar-refractivity contribution >= 4 is 34.8 Å². The van der Waals surface area contributed by atoms with Gasteiger partial charge in [-0.1, -0.05) is 48.5 Å². The van der Waals surface area contributed by atoms with Crippen LogP contribution in [0.15, 0.2) is 88.8 Å². The maximum atomic E-state index is 13.4. The van der Waals surface area contributed by atoms with E-state index in [9.17, 15) is 14.0 Å². The molecule has 0 saturated carbocycles. The van der Waals surface area contributed by atoms with E-state index < -0.39 is 5.91 Å². The van der Waals surface area contributed by atoms with Crippen molar-refractivity contribution in [3.8, 4) is 5.75 Å². The molecule has 0 unspecified atom stereocenters. The lowest BCUT2D eigenvalue weighted by molar-refractivity contribution is -0.115. The molecule has 0 bridgehead atoms. The van der Waals surface area contributed by atoms with Crippen molar-refractivity contribution in [1.29, 1.82) is 0 Å². The molecule has 3 aromatic rings. The summed E-state index contributed by atoms with van der Waals surface area (Å²) in [5, 5.41) is 2.84. The number of carbonyl (C=O) groups excluding carboxylic acids is 2. The van der Waals surface area contributed by atoms with Crippen LogP contribution in [0.4, 0.5) is 4.39 Å². The first kappa shape index (κ1) is 20.6. The van der Waals surface area contributed by atoms with Gasteiger partial charge in [-0.05, 0) is 53.7 Å². The molecule has 1 N–H and O–H groups in total. The number of thioether (sulfide) groups is 1. The number of aliphatic imine (C=N–C) groups is 1. The number of ether oxygens (including phenoxy) is 1. The Kier molecular flexibility index (Phi) is 6.24. The van der Waals surface area contributed by atoms with E-state index in [0.717, 1.165) is 11.8 Å². The van der Waals surface area contributed by atoms with Gasteiger partial charge in [0, 0.05) is 11.1 Å². The Hall–Kier alpha value is -3.71. The van der Waals surface area contributed by atoms with Gasteiger partial charge >= 0.3 is 0 Å². The molecule has 5 nitrogen and oxygen atoms in total. The average Bonchev–Trinajstić information content (AvgIpc) is 3.12. The lowest BCUT2D eigenvalue weighted by atomic mass is 10.2. The third-order valence-corrected chi connectivity index (χ3v) is 5.27. The normalized spacial score (nSPS) is 15.8. The molecule has 154 valence electrons. The van der Waals surface area contributed by atoms with Crippen molar-refractivity contribution in [2.45, 2.75) is 6.61 Å². The maximum absolute atomic E-state index is 13.4. The summed E-state index contributed by atoms with van der Waals surface area (Å²) in [6, 6.07) is 22.0. The second-order valence-corrected chi connectivity index (χ2v) is 7.64. The quantitative estimate of drug-likeness (QED) is 0.588. The number of benzene rings is 3. The number of halogens is 1. The zero-order valence-electron chi connectivity index (χ0n) is 16.2. The standard InChI is InChI=1S/C24H17FN2O3S/c25-19-11-6-7-16(13-19)15-30-20-12-5-4-10-18(20)14-21-23(29)27-24(31-21)26-22(28)17-8-2-1-3-9-17/h1-14H,15H2,(H,26,27,28,29)/b21-14-. The average molecular weight is 432 g/mol. The Morgan fingerprint density at radius 1 is 1.03 bits per heavy atom. The van der Waals surface area contributed by atoms with E-state index in [1.54, 1.807) is 48.5 Å². The van der Waals surface area contributed by atoms with Gasteiger partial charge in [0.15, 0.2) is 5.17 Å². The number of hydrogen-bond acceptors (Lipinski definition) is 4. The number of amides is 2. The monoisotopic (exact) mass is 432 g/mol. The largest absolute Gasteiger partial charge is 0.488 e. The second kappa shape index (κ2) is 9.40.